The van der Waals surface area contributed by atoms with Crippen LogP contribution >= 0.6 is 0 Å². The van der Waals surface area contributed by atoms with Gasteiger partial charge in [0.2, 0.25) is 15.9 Å². The van der Waals surface area contributed by atoms with Gasteiger partial charge in [-0.05, 0) is 62.3 Å². The second kappa shape index (κ2) is 9.12. The third-order valence-corrected chi connectivity index (χ3v) is 8.55. The molecular weight excluding hydrogens is 425 g/mol. The average Bonchev–Trinajstić information content (AvgIpc) is 3.30. The van der Waals surface area contributed by atoms with Gasteiger partial charge < -0.3 is 15.3 Å². The van der Waals surface area contributed by atoms with E-state index in [-0.39, 0.29) is 40.6 Å². The van der Waals surface area contributed by atoms with E-state index in [4.69, 9.17) is 5.11 Å². The molecule has 1 saturated carbocycles. The van der Waals surface area contributed by atoms with E-state index in [1.54, 1.807) is 13.8 Å². The molecule has 0 spiro atoms. The number of sulfonamides is 1. The van der Waals surface area contributed by atoms with Crippen molar-refractivity contribution in [2.75, 3.05) is 20.1 Å². The van der Waals surface area contributed by atoms with Crippen molar-refractivity contribution < 1.29 is 27.5 Å². The molecule has 1 unspecified atom stereocenters. The molecule has 5 atom stereocenters. The molecule has 10 heteroatoms. The molecule has 0 bridgehead atoms. The highest BCUT2D eigenvalue weighted by atomic mass is 32.2. The molecule has 1 aromatic carbocycles. The van der Waals surface area contributed by atoms with Crippen LogP contribution in [0.3, 0.4) is 0 Å². The lowest BCUT2D eigenvalue weighted by molar-refractivity contribution is -0.126. The second-order valence-corrected chi connectivity index (χ2v) is 10.7. The molecule has 31 heavy (non-hydrogen) atoms. The molecule has 1 heterocycles. The van der Waals surface area contributed by atoms with Crippen LogP contribution in [0.2, 0.25) is 0 Å². The zero-order valence-electron chi connectivity index (χ0n) is 18.0. The number of carbonyl (C=O) groups is 2. The van der Waals surface area contributed by atoms with Gasteiger partial charge in [0, 0.05) is 38.1 Å². The second-order valence-electron chi connectivity index (χ2n) is 8.77. The highest BCUT2D eigenvalue weighted by molar-refractivity contribution is 7.89. The Bertz CT molecular complexity index is 923. The lowest BCUT2D eigenvalue weighted by atomic mass is 9.96. The van der Waals surface area contributed by atoms with Crippen LogP contribution in [0.4, 0.5) is 9.18 Å². The Morgan fingerprint density at radius 2 is 1.87 bits per heavy atom. The lowest BCUT2D eigenvalue weighted by Crippen LogP contribution is -2.44. The zero-order valence-corrected chi connectivity index (χ0v) is 18.8. The van der Waals surface area contributed by atoms with Crippen LogP contribution < -0.4 is 5.32 Å². The van der Waals surface area contributed by atoms with E-state index >= 15 is 0 Å². The van der Waals surface area contributed by atoms with Crippen molar-refractivity contribution in [2.45, 2.75) is 50.1 Å². The average molecular weight is 456 g/mol. The molecule has 0 radical (unpaired) electrons. The first-order valence-corrected chi connectivity index (χ1v) is 12.0. The van der Waals surface area contributed by atoms with Crippen molar-refractivity contribution in [2.24, 2.45) is 17.8 Å². The van der Waals surface area contributed by atoms with E-state index in [2.05, 4.69) is 5.32 Å². The van der Waals surface area contributed by atoms with Crippen molar-refractivity contribution in [3.8, 4) is 0 Å². The van der Waals surface area contributed by atoms with Crippen molar-refractivity contribution in [3.05, 3.63) is 30.1 Å². The quantitative estimate of drug-likeness (QED) is 0.656. The van der Waals surface area contributed by atoms with Gasteiger partial charge in [-0.2, -0.15) is 4.31 Å². The van der Waals surface area contributed by atoms with E-state index in [0.717, 1.165) is 25.0 Å². The maximum Gasteiger partial charge on any atom is 0.407 e. The fourth-order valence-corrected chi connectivity index (χ4v) is 6.18. The molecule has 1 aliphatic carbocycles. The minimum Gasteiger partial charge on any atom is -0.465 e. The number of fused-ring (bicyclic) bond motifs is 1. The normalized spacial score (nSPS) is 25.6. The summed E-state index contributed by atoms with van der Waals surface area (Å²) in [6.45, 7) is 4.25. The van der Waals surface area contributed by atoms with Gasteiger partial charge in [0.1, 0.15) is 5.82 Å². The number of halogens is 1. The summed E-state index contributed by atoms with van der Waals surface area (Å²) in [5.74, 6) is -0.788. The Hall–Kier alpha value is -2.20. The molecule has 0 aromatic heterocycles. The van der Waals surface area contributed by atoms with Crippen LogP contribution in [-0.2, 0) is 14.8 Å². The molecule has 8 nitrogen and oxygen atoms in total. The molecular formula is C21H30FN3O5S. The molecule has 172 valence electrons. The van der Waals surface area contributed by atoms with Crippen molar-refractivity contribution in [3.63, 3.8) is 0 Å². The van der Waals surface area contributed by atoms with Gasteiger partial charge in [-0.15, -0.1) is 0 Å². The summed E-state index contributed by atoms with van der Waals surface area (Å²) in [4.78, 5) is 25.0. The maximum atomic E-state index is 13.2. The minimum absolute atomic E-state index is 0.0329. The lowest BCUT2D eigenvalue weighted by Gasteiger charge is -2.26. The Morgan fingerprint density at radius 1 is 1.23 bits per heavy atom. The molecule has 1 aliphatic heterocycles. The smallest absolute Gasteiger partial charge is 0.407 e. The predicted octanol–water partition coefficient (Wildman–Crippen LogP) is 2.37. The van der Waals surface area contributed by atoms with Crippen LogP contribution in [0.1, 0.15) is 33.1 Å². The number of carbonyl (C=O) groups excluding carboxylic acids is 1. The molecule has 2 fully saturated rings. The van der Waals surface area contributed by atoms with E-state index < -0.39 is 21.9 Å². The van der Waals surface area contributed by atoms with Gasteiger partial charge in [-0.1, -0.05) is 6.92 Å². The van der Waals surface area contributed by atoms with Crippen LogP contribution in [0.25, 0.3) is 0 Å². The molecule has 2 amide bonds. The first kappa shape index (κ1) is 23.5. The molecule has 3 rings (SSSR count). The summed E-state index contributed by atoms with van der Waals surface area (Å²) >= 11 is 0. The van der Waals surface area contributed by atoms with Crippen LogP contribution in [0.5, 0.6) is 0 Å². The van der Waals surface area contributed by atoms with Crippen LogP contribution in [0, 0.1) is 23.6 Å². The van der Waals surface area contributed by atoms with Gasteiger partial charge in [-0.3, -0.25) is 4.79 Å². The van der Waals surface area contributed by atoms with E-state index in [0.29, 0.717) is 19.5 Å². The van der Waals surface area contributed by atoms with Crippen molar-refractivity contribution >= 4 is 22.0 Å². The van der Waals surface area contributed by atoms with Crippen LogP contribution in [-0.4, -0.2) is 67.0 Å². The monoisotopic (exact) mass is 455 g/mol. The number of hydrogen-bond donors (Lipinski definition) is 2. The number of benzene rings is 1. The summed E-state index contributed by atoms with van der Waals surface area (Å²) in [5.41, 5.74) is 0. The van der Waals surface area contributed by atoms with E-state index in [1.807, 2.05) is 0 Å². The fraction of sp³-hybridized carbons (Fsp3) is 0.619. The first-order chi connectivity index (χ1) is 14.5. The SMILES string of the molecule is CC(C[C@H](C)C(=O)N[C@@H]1CC[C@H]2CN(S(=O)(=O)c3ccc(F)cc3)C[C@H]21)N(C)C(=O)O. The van der Waals surface area contributed by atoms with E-state index in [1.165, 1.54) is 28.4 Å². The third kappa shape index (κ3) is 5.01. The number of carboxylic acid groups (broad SMARTS) is 1. The number of rotatable bonds is 7. The van der Waals surface area contributed by atoms with Gasteiger partial charge >= 0.3 is 6.09 Å². The molecule has 2 aliphatic rings. The Kier molecular flexibility index (Phi) is 6.90. The van der Waals surface area contributed by atoms with Crippen molar-refractivity contribution in [1.82, 2.24) is 14.5 Å². The van der Waals surface area contributed by atoms with Crippen molar-refractivity contribution in [1.29, 1.82) is 0 Å². The van der Waals surface area contributed by atoms with Crippen LogP contribution in [0.15, 0.2) is 29.2 Å². The summed E-state index contributed by atoms with van der Waals surface area (Å²) < 4.78 is 40.4. The van der Waals surface area contributed by atoms with Gasteiger partial charge in [0.15, 0.2) is 0 Å². The molecule has 1 saturated heterocycles. The Labute approximate surface area is 182 Å². The standard InChI is InChI=1S/C21H30FN3O5S/c1-13(10-14(2)24(3)21(27)28)20(26)23-19-9-4-15-11-25(12-18(15)19)31(29,30)17-7-5-16(22)6-8-17/h5-8,13-15,18-19H,4,9-12H2,1-3H3,(H,23,26)(H,27,28)/t13-,14?,15-,18+,19+/m0/s1. The minimum atomic E-state index is -3.71. The third-order valence-electron chi connectivity index (χ3n) is 6.71. The number of amides is 2. The van der Waals surface area contributed by atoms with Gasteiger partial charge in [0.05, 0.1) is 4.90 Å². The molecule has 1 aromatic rings. The summed E-state index contributed by atoms with van der Waals surface area (Å²) in [6.07, 6.45) is 0.994. The van der Waals surface area contributed by atoms with Gasteiger partial charge in [0.25, 0.3) is 0 Å². The first-order valence-electron chi connectivity index (χ1n) is 10.5. The van der Waals surface area contributed by atoms with Gasteiger partial charge in [-0.25, -0.2) is 17.6 Å². The number of hydrogen-bond acceptors (Lipinski definition) is 4. The summed E-state index contributed by atoms with van der Waals surface area (Å²) in [6, 6.07) is 4.41. The summed E-state index contributed by atoms with van der Waals surface area (Å²) in [5, 5.41) is 12.1. The number of nitrogens with one attached hydrogen (secondary N) is 1. The highest BCUT2D eigenvalue weighted by Crippen LogP contribution is 2.40. The van der Waals surface area contributed by atoms with E-state index in [9.17, 15) is 22.4 Å². The topological polar surface area (TPSA) is 107 Å². The number of nitrogens with zero attached hydrogens (tertiary/aromatic N) is 2. The highest BCUT2D eigenvalue weighted by Gasteiger charge is 2.47. The molecule has 2 N–H and O–H groups in total. The predicted molar refractivity (Wildman–Crippen MR) is 112 cm³/mol. The zero-order chi connectivity index (χ0) is 22.9. The maximum absolute atomic E-state index is 13.2. The fourth-order valence-electron chi connectivity index (χ4n) is 4.65. The Morgan fingerprint density at radius 3 is 2.48 bits per heavy atom. The largest absolute Gasteiger partial charge is 0.465 e. The summed E-state index contributed by atoms with van der Waals surface area (Å²) in [7, 11) is -2.23. The Balaban J connectivity index is 1.60.